The monoisotopic (exact) mass is 338 g/mol. The highest BCUT2D eigenvalue weighted by Gasteiger charge is 2.30. The van der Waals surface area contributed by atoms with Crippen LogP contribution in [-0.4, -0.2) is 18.6 Å². The minimum atomic E-state index is 0.199. The summed E-state index contributed by atoms with van der Waals surface area (Å²) in [6.45, 7) is 10.3. The van der Waals surface area contributed by atoms with E-state index in [-0.39, 0.29) is 6.04 Å². The van der Waals surface area contributed by atoms with E-state index in [1.165, 1.54) is 17.7 Å². The number of benzene rings is 1. The van der Waals surface area contributed by atoms with Crippen LogP contribution in [0.15, 0.2) is 22.7 Å². The number of piperidine rings is 1. The maximum absolute atomic E-state index is 6.02. The molecule has 20 heavy (non-hydrogen) atoms. The van der Waals surface area contributed by atoms with E-state index in [1.807, 2.05) is 0 Å². The molecule has 0 aliphatic carbocycles. The van der Waals surface area contributed by atoms with Gasteiger partial charge < -0.3 is 10.6 Å². The van der Waals surface area contributed by atoms with Crippen LogP contribution in [0.3, 0.4) is 0 Å². The van der Waals surface area contributed by atoms with Crippen molar-refractivity contribution in [1.82, 2.24) is 0 Å². The first-order chi connectivity index (χ1) is 9.38. The Bertz CT molecular complexity index is 458. The number of rotatable bonds is 3. The van der Waals surface area contributed by atoms with E-state index in [2.05, 4.69) is 66.7 Å². The van der Waals surface area contributed by atoms with Crippen LogP contribution >= 0.6 is 15.9 Å². The van der Waals surface area contributed by atoms with Crippen LogP contribution in [-0.2, 0) is 6.42 Å². The van der Waals surface area contributed by atoms with Crippen LogP contribution in [0.2, 0.25) is 0 Å². The van der Waals surface area contributed by atoms with Crippen molar-refractivity contribution in [3.8, 4) is 0 Å². The van der Waals surface area contributed by atoms with Gasteiger partial charge in [0.05, 0.1) is 0 Å². The molecule has 0 spiro atoms. The van der Waals surface area contributed by atoms with Crippen molar-refractivity contribution in [1.29, 1.82) is 0 Å². The molecule has 3 heteroatoms. The number of nitrogens with zero attached hydrogens (tertiary/aromatic N) is 1. The average molecular weight is 339 g/mol. The highest BCUT2D eigenvalue weighted by Crippen LogP contribution is 2.35. The van der Waals surface area contributed by atoms with E-state index in [0.717, 1.165) is 29.3 Å². The summed E-state index contributed by atoms with van der Waals surface area (Å²) in [7, 11) is 0. The van der Waals surface area contributed by atoms with E-state index >= 15 is 0 Å². The lowest BCUT2D eigenvalue weighted by molar-refractivity contribution is 0.296. The average Bonchev–Trinajstić information content (AvgIpc) is 2.35. The van der Waals surface area contributed by atoms with Crippen LogP contribution in [0.25, 0.3) is 0 Å². The zero-order valence-electron chi connectivity index (χ0n) is 13.1. The second kappa shape index (κ2) is 6.48. The van der Waals surface area contributed by atoms with Gasteiger partial charge in [-0.1, -0.05) is 35.8 Å². The number of hydrogen-bond acceptors (Lipinski definition) is 2. The zero-order valence-corrected chi connectivity index (χ0v) is 14.7. The predicted octanol–water partition coefficient (Wildman–Crippen LogP) is 4.21. The van der Waals surface area contributed by atoms with Gasteiger partial charge in [0.15, 0.2) is 0 Å². The molecule has 4 atom stereocenters. The van der Waals surface area contributed by atoms with Crippen LogP contribution in [0.4, 0.5) is 5.69 Å². The van der Waals surface area contributed by atoms with Crippen LogP contribution in [0, 0.1) is 11.8 Å². The molecule has 1 aromatic rings. The van der Waals surface area contributed by atoms with Gasteiger partial charge in [-0.15, -0.1) is 0 Å². The minimum Gasteiger partial charge on any atom is -0.368 e. The van der Waals surface area contributed by atoms with Crippen LogP contribution in [0.5, 0.6) is 0 Å². The molecule has 0 bridgehead atoms. The smallest absolute Gasteiger partial charge is 0.0413 e. The standard InChI is InChI=1S/C17H27BrN2/c1-11-7-12(2)14(4)20(10-11)17-9-16(18)6-5-15(17)8-13(3)19/h5-6,9,11-14H,7-8,10,19H2,1-4H3. The molecule has 1 saturated heterocycles. The van der Waals surface area contributed by atoms with Crippen molar-refractivity contribution in [3.05, 3.63) is 28.2 Å². The van der Waals surface area contributed by atoms with Gasteiger partial charge in [0.25, 0.3) is 0 Å². The van der Waals surface area contributed by atoms with Gasteiger partial charge in [-0.05, 0) is 56.2 Å². The first kappa shape index (κ1) is 15.8. The van der Waals surface area contributed by atoms with Gasteiger partial charge in [0, 0.05) is 28.8 Å². The fourth-order valence-electron chi connectivity index (χ4n) is 3.36. The Labute approximate surface area is 131 Å². The van der Waals surface area contributed by atoms with Crippen molar-refractivity contribution < 1.29 is 0 Å². The maximum atomic E-state index is 6.02. The molecule has 1 aliphatic heterocycles. The fourth-order valence-corrected chi connectivity index (χ4v) is 3.71. The van der Waals surface area contributed by atoms with E-state index in [1.54, 1.807) is 0 Å². The lowest BCUT2D eigenvalue weighted by atomic mass is 9.85. The molecule has 2 nitrogen and oxygen atoms in total. The Morgan fingerprint density at radius 1 is 1.35 bits per heavy atom. The molecule has 4 unspecified atom stereocenters. The SMILES string of the molecule is CC(N)Cc1ccc(Br)cc1N1CC(C)CC(C)C1C. The molecule has 0 radical (unpaired) electrons. The summed E-state index contributed by atoms with van der Waals surface area (Å²) in [5.41, 5.74) is 8.76. The Morgan fingerprint density at radius 3 is 2.70 bits per heavy atom. The third-order valence-corrected chi connectivity index (χ3v) is 4.99. The first-order valence-electron chi connectivity index (χ1n) is 7.69. The minimum absolute atomic E-state index is 0.199. The van der Waals surface area contributed by atoms with Gasteiger partial charge in [-0.2, -0.15) is 0 Å². The quantitative estimate of drug-likeness (QED) is 0.894. The molecule has 112 valence electrons. The molecule has 1 heterocycles. The molecule has 2 rings (SSSR count). The molecular weight excluding hydrogens is 312 g/mol. The summed E-state index contributed by atoms with van der Waals surface area (Å²) in [5, 5.41) is 0. The number of halogens is 1. The largest absolute Gasteiger partial charge is 0.368 e. The van der Waals surface area contributed by atoms with Crippen LogP contribution in [0.1, 0.15) is 39.7 Å². The second-order valence-electron chi connectivity index (χ2n) is 6.67. The summed E-state index contributed by atoms with van der Waals surface area (Å²) in [6.07, 6.45) is 2.27. The zero-order chi connectivity index (χ0) is 14.9. The van der Waals surface area contributed by atoms with E-state index in [4.69, 9.17) is 5.73 Å². The van der Waals surface area contributed by atoms with Crippen molar-refractivity contribution in [2.45, 2.75) is 52.6 Å². The Morgan fingerprint density at radius 2 is 2.05 bits per heavy atom. The van der Waals surface area contributed by atoms with Gasteiger partial charge in [0.1, 0.15) is 0 Å². The fraction of sp³-hybridized carbons (Fsp3) is 0.647. The Hall–Kier alpha value is -0.540. The van der Waals surface area contributed by atoms with Crippen molar-refractivity contribution in [2.24, 2.45) is 17.6 Å². The van der Waals surface area contributed by atoms with E-state index in [9.17, 15) is 0 Å². The highest BCUT2D eigenvalue weighted by atomic mass is 79.9. The molecular formula is C17H27BrN2. The Kier molecular flexibility index (Phi) is 5.14. The number of nitrogens with two attached hydrogens (primary N) is 1. The lowest BCUT2D eigenvalue weighted by Crippen LogP contribution is -2.46. The van der Waals surface area contributed by atoms with Crippen molar-refractivity contribution in [2.75, 3.05) is 11.4 Å². The molecule has 1 aromatic carbocycles. The number of hydrogen-bond donors (Lipinski definition) is 1. The molecule has 1 aliphatic rings. The summed E-state index contributed by atoms with van der Waals surface area (Å²) < 4.78 is 1.15. The van der Waals surface area contributed by atoms with Crippen molar-refractivity contribution in [3.63, 3.8) is 0 Å². The summed E-state index contributed by atoms with van der Waals surface area (Å²) in [5.74, 6) is 1.49. The number of anilines is 1. The summed E-state index contributed by atoms with van der Waals surface area (Å²) in [4.78, 5) is 2.58. The molecule has 0 saturated carbocycles. The predicted molar refractivity (Wildman–Crippen MR) is 91.2 cm³/mol. The van der Waals surface area contributed by atoms with Crippen LogP contribution < -0.4 is 10.6 Å². The summed E-state index contributed by atoms with van der Waals surface area (Å²) >= 11 is 3.62. The highest BCUT2D eigenvalue weighted by molar-refractivity contribution is 9.10. The molecule has 2 N–H and O–H groups in total. The second-order valence-corrected chi connectivity index (χ2v) is 7.58. The van der Waals surface area contributed by atoms with Gasteiger partial charge in [-0.25, -0.2) is 0 Å². The first-order valence-corrected chi connectivity index (χ1v) is 8.48. The maximum Gasteiger partial charge on any atom is 0.0413 e. The van der Waals surface area contributed by atoms with Crippen molar-refractivity contribution >= 4 is 21.6 Å². The molecule has 0 aromatic heterocycles. The third-order valence-electron chi connectivity index (χ3n) is 4.50. The molecule has 1 fully saturated rings. The van der Waals surface area contributed by atoms with Gasteiger partial charge >= 0.3 is 0 Å². The Balaban J connectivity index is 2.36. The van der Waals surface area contributed by atoms with E-state index < -0.39 is 0 Å². The third kappa shape index (κ3) is 3.56. The summed E-state index contributed by atoms with van der Waals surface area (Å²) in [6, 6.07) is 7.40. The van der Waals surface area contributed by atoms with E-state index in [0.29, 0.717) is 6.04 Å². The topological polar surface area (TPSA) is 29.3 Å². The van der Waals surface area contributed by atoms with Gasteiger partial charge in [-0.3, -0.25) is 0 Å². The lowest BCUT2D eigenvalue weighted by Gasteiger charge is -2.43. The van der Waals surface area contributed by atoms with Gasteiger partial charge in [0.2, 0.25) is 0 Å². The molecule has 0 amide bonds. The normalized spacial score (nSPS) is 28.5.